The van der Waals surface area contributed by atoms with Gasteiger partial charge in [-0.2, -0.15) is 0 Å². The van der Waals surface area contributed by atoms with Crippen molar-refractivity contribution >= 4 is 40.8 Å². The van der Waals surface area contributed by atoms with Crippen molar-refractivity contribution < 1.29 is 19.1 Å². The smallest absolute Gasteiger partial charge is 0.311 e. The fourth-order valence-corrected chi connectivity index (χ4v) is 3.51. The van der Waals surface area contributed by atoms with Crippen molar-refractivity contribution in [1.29, 1.82) is 0 Å². The van der Waals surface area contributed by atoms with Gasteiger partial charge in [-0.15, -0.1) is 0 Å². The second-order valence-corrected chi connectivity index (χ2v) is 7.44. The molecule has 0 spiro atoms. The Kier molecular flexibility index (Phi) is 6.54. The molecule has 1 N–H and O–H groups in total. The van der Waals surface area contributed by atoms with Crippen molar-refractivity contribution in [3.63, 3.8) is 0 Å². The monoisotopic (exact) mass is 414 g/mol. The average molecular weight is 415 g/mol. The Morgan fingerprint density at radius 2 is 2.00 bits per heavy atom. The number of halogens is 1. The lowest BCUT2D eigenvalue weighted by Gasteiger charge is -2.19. The number of ether oxygens (including phenoxy) is 1. The van der Waals surface area contributed by atoms with Crippen LogP contribution in [0.3, 0.4) is 0 Å². The van der Waals surface area contributed by atoms with E-state index in [1.165, 1.54) is 0 Å². The van der Waals surface area contributed by atoms with Gasteiger partial charge in [-0.3, -0.25) is 14.4 Å². The van der Waals surface area contributed by atoms with E-state index in [-0.39, 0.29) is 18.9 Å². The molecule has 7 heteroatoms. The van der Waals surface area contributed by atoms with Crippen LogP contribution in [0.25, 0.3) is 0 Å². The Morgan fingerprint density at radius 3 is 2.76 bits per heavy atom. The van der Waals surface area contributed by atoms with Gasteiger partial charge in [0.05, 0.1) is 5.92 Å². The van der Waals surface area contributed by atoms with Crippen LogP contribution >= 0.6 is 11.6 Å². The molecule has 29 heavy (non-hydrogen) atoms. The number of rotatable bonds is 6. The summed E-state index contributed by atoms with van der Waals surface area (Å²) in [6, 6.07) is 12.8. The molecule has 0 aliphatic carbocycles. The standard InChI is InChI=1S/C22H23ClN2O4/c1-3-15-6-4-5-7-19(15)25-12-16(10-21(25)27)22(28)29-13-20(26)24-18-11-17(23)9-8-14(18)2/h4-9,11,16H,3,10,12-13H2,1-2H3,(H,24,26)/t16-/m0/s1. The number of carbonyl (C=O) groups is 3. The molecule has 1 aliphatic heterocycles. The molecular weight excluding hydrogens is 392 g/mol. The van der Waals surface area contributed by atoms with Gasteiger partial charge in [0.2, 0.25) is 5.91 Å². The molecule has 0 bridgehead atoms. The Labute approximate surface area is 174 Å². The van der Waals surface area contributed by atoms with Crippen LogP contribution in [-0.4, -0.2) is 30.9 Å². The molecular formula is C22H23ClN2O4. The van der Waals surface area contributed by atoms with Gasteiger partial charge < -0.3 is 15.0 Å². The summed E-state index contributed by atoms with van der Waals surface area (Å²) in [7, 11) is 0. The molecule has 0 saturated carbocycles. The minimum atomic E-state index is -0.590. The lowest BCUT2D eigenvalue weighted by Crippen LogP contribution is -2.28. The van der Waals surface area contributed by atoms with E-state index in [9.17, 15) is 14.4 Å². The van der Waals surface area contributed by atoms with E-state index in [0.717, 1.165) is 23.2 Å². The summed E-state index contributed by atoms with van der Waals surface area (Å²) in [5, 5.41) is 3.18. The first kappa shape index (κ1) is 20.9. The number of hydrogen-bond acceptors (Lipinski definition) is 4. The van der Waals surface area contributed by atoms with Gasteiger partial charge >= 0.3 is 5.97 Å². The third-order valence-corrected chi connectivity index (χ3v) is 5.18. The number of carbonyl (C=O) groups excluding carboxylic acids is 3. The number of aryl methyl sites for hydroxylation is 2. The summed E-state index contributed by atoms with van der Waals surface area (Å²) in [5.41, 5.74) is 3.29. The molecule has 1 saturated heterocycles. The fourth-order valence-electron chi connectivity index (χ4n) is 3.34. The highest BCUT2D eigenvalue weighted by molar-refractivity contribution is 6.31. The third kappa shape index (κ3) is 4.95. The van der Waals surface area contributed by atoms with Gasteiger partial charge in [-0.1, -0.05) is 42.8 Å². The summed E-state index contributed by atoms with van der Waals surface area (Å²) in [6.07, 6.45) is 0.865. The number of nitrogens with one attached hydrogen (secondary N) is 1. The lowest BCUT2D eigenvalue weighted by molar-refractivity contribution is -0.151. The first-order chi connectivity index (χ1) is 13.9. The van der Waals surface area contributed by atoms with Crippen LogP contribution in [0.4, 0.5) is 11.4 Å². The van der Waals surface area contributed by atoms with E-state index in [1.807, 2.05) is 38.1 Å². The van der Waals surface area contributed by atoms with Crippen LogP contribution in [0, 0.1) is 12.8 Å². The van der Waals surface area contributed by atoms with Crippen LogP contribution in [-0.2, 0) is 25.5 Å². The second-order valence-electron chi connectivity index (χ2n) is 7.00. The molecule has 1 heterocycles. The molecule has 0 aromatic heterocycles. The average Bonchev–Trinajstić information content (AvgIpc) is 3.10. The third-order valence-electron chi connectivity index (χ3n) is 4.94. The number of benzene rings is 2. The highest BCUT2D eigenvalue weighted by Crippen LogP contribution is 2.29. The van der Waals surface area contributed by atoms with Crippen molar-refractivity contribution in [3.8, 4) is 0 Å². The molecule has 0 radical (unpaired) electrons. The molecule has 2 aromatic carbocycles. The van der Waals surface area contributed by atoms with Crippen molar-refractivity contribution in [1.82, 2.24) is 0 Å². The summed E-state index contributed by atoms with van der Waals surface area (Å²) < 4.78 is 5.16. The molecule has 2 aromatic rings. The maximum atomic E-state index is 12.4. The van der Waals surface area contributed by atoms with E-state index in [4.69, 9.17) is 16.3 Å². The SMILES string of the molecule is CCc1ccccc1N1C[C@@H](C(=O)OCC(=O)Nc2cc(Cl)ccc2C)CC1=O. The second kappa shape index (κ2) is 9.09. The fraction of sp³-hybridized carbons (Fsp3) is 0.318. The number of nitrogens with zero attached hydrogens (tertiary/aromatic N) is 1. The van der Waals surface area contributed by atoms with Crippen LogP contribution in [0.5, 0.6) is 0 Å². The van der Waals surface area contributed by atoms with Crippen LogP contribution in [0.2, 0.25) is 5.02 Å². The van der Waals surface area contributed by atoms with Gasteiger partial charge in [-0.25, -0.2) is 0 Å². The van der Waals surface area contributed by atoms with Gasteiger partial charge in [-0.05, 0) is 42.7 Å². The molecule has 3 rings (SSSR count). The van der Waals surface area contributed by atoms with Gasteiger partial charge in [0, 0.05) is 29.4 Å². The number of anilines is 2. The maximum Gasteiger partial charge on any atom is 0.311 e. The first-order valence-corrected chi connectivity index (χ1v) is 9.87. The van der Waals surface area contributed by atoms with Crippen molar-refractivity contribution in [3.05, 3.63) is 58.6 Å². The zero-order valence-electron chi connectivity index (χ0n) is 16.4. The lowest BCUT2D eigenvalue weighted by atomic mass is 10.1. The number of esters is 1. The number of amides is 2. The quantitative estimate of drug-likeness (QED) is 0.730. The van der Waals surface area contributed by atoms with Crippen molar-refractivity contribution in [2.75, 3.05) is 23.4 Å². The Morgan fingerprint density at radius 1 is 1.24 bits per heavy atom. The number of para-hydroxylation sites is 1. The number of hydrogen-bond donors (Lipinski definition) is 1. The molecule has 1 fully saturated rings. The zero-order chi connectivity index (χ0) is 21.0. The minimum Gasteiger partial charge on any atom is -0.455 e. The Balaban J connectivity index is 1.57. The molecule has 1 aliphatic rings. The summed E-state index contributed by atoms with van der Waals surface area (Å²) in [4.78, 5) is 38.6. The van der Waals surface area contributed by atoms with Crippen LogP contribution in [0.1, 0.15) is 24.5 Å². The zero-order valence-corrected chi connectivity index (χ0v) is 17.2. The van der Waals surface area contributed by atoms with E-state index in [0.29, 0.717) is 10.7 Å². The van der Waals surface area contributed by atoms with Crippen LogP contribution in [0.15, 0.2) is 42.5 Å². The van der Waals surface area contributed by atoms with E-state index in [1.54, 1.807) is 23.1 Å². The first-order valence-electron chi connectivity index (χ1n) is 9.50. The van der Waals surface area contributed by atoms with Crippen molar-refractivity contribution in [2.45, 2.75) is 26.7 Å². The predicted octanol–water partition coefficient (Wildman–Crippen LogP) is 3.75. The highest BCUT2D eigenvalue weighted by atomic mass is 35.5. The van der Waals surface area contributed by atoms with Gasteiger partial charge in [0.1, 0.15) is 0 Å². The van der Waals surface area contributed by atoms with Crippen LogP contribution < -0.4 is 10.2 Å². The normalized spacial score (nSPS) is 16.0. The summed E-state index contributed by atoms with van der Waals surface area (Å²) in [5.74, 6) is -1.71. The predicted molar refractivity (Wildman–Crippen MR) is 112 cm³/mol. The largest absolute Gasteiger partial charge is 0.455 e. The molecule has 1 atom stereocenters. The van der Waals surface area contributed by atoms with Gasteiger partial charge in [0.25, 0.3) is 5.91 Å². The maximum absolute atomic E-state index is 12.4. The summed E-state index contributed by atoms with van der Waals surface area (Å²) >= 11 is 5.94. The minimum absolute atomic E-state index is 0.0753. The van der Waals surface area contributed by atoms with Gasteiger partial charge in [0.15, 0.2) is 6.61 Å². The van der Waals surface area contributed by atoms with E-state index < -0.39 is 24.4 Å². The molecule has 2 amide bonds. The molecule has 0 unspecified atom stereocenters. The highest BCUT2D eigenvalue weighted by Gasteiger charge is 2.37. The van der Waals surface area contributed by atoms with Crippen molar-refractivity contribution in [2.24, 2.45) is 5.92 Å². The van der Waals surface area contributed by atoms with E-state index >= 15 is 0 Å². The molecule has 6 nitrogen and oxygen atoms in total. The Bertz CT molecular complexity index is 944. The van der Waals surface area contributed by atoms with E-state index in [2.05, 4.69) is 5.32 Å². The molecule has 152 valence electrons. The topological polar surface area (TPSA) is 75.7 Å². The Hall–Kier alpha value is -2.86. The summed E-state index contributed by atoms with van der Waals surface area (Å²) in [6.45, 7) is 3.70.